The lowest BCUT2D eigenvalue weighted by atomic mass is 9.95. The molecule has 0 amide bonds. The van der Waals surface area contributed by atoms with Gasteiger partial charge in [-0.25, -0.2) is 4.79 Å². The number of pyridine rings is 1. The normalized spacial score (nSPS) is 10.8. The van der Waals surface area contributed by atoms with E-state index in [1.165, 1.54) is 24.4 Å². The summed E-state index contributed by atoms with van der Waals surface area (Å²) in [6, 6.07) is 5.62. The van der Waals surface area contributed by atoms with E-state index < -0.39 is 17.8 Å². The van der Waals surface area contributed by atoms with Gasteiger partial charge in [-0.05, 0) is 54.8 Å². The summed E-state index contributed by atoms with van der Waals surface area (Å²) in [6.07, 6.45) is 1.34. The quantitative estimate of drug-likeness (QED) is 0.703. The number of rotatable bonds is 3. The lowest BCUT2D eigenvalue weighted by Gasteiger charge is -2.12. The molecule has 126 valence electrons. The summed E-state index contributed by atoms with van der Waals surface area (Å²) < 4.78 is 13.8. The number of phenols is 1. The average Bonchev–Trinajstić information content (AvgIpc) is 2.55. The third kappa shape index (κ3) is 2.82. The molecule has 2 aromatic carbocycles. The molecule has 0 fully saturated rings. The number of hydrogen-bond acceptors (Lipinski definition) is 4. The van der Waals surface area contributed by atoms with Gasteiger partial charge in [0.2, 0.25) is 0 Å². The smallest absolute Gasteiger partial charge is 0.339 e. The van der Waals surface area contributed by atoms with Gasteiger partial charge in [0.1, 0.15) is 11.3 Å². The maximum atomic E-state index is 13.8. The van der Waals surface area contributed by atoms with Gasteiger partial charge in [-0.3, -0.25) is 9.78 Å². The molecule has 0 saturated carbocycles. The van der Waals surface area contributed by atoms with Gasteiger partial charge in [0, 0.05) is 17.1 Å². The van der Waals surface area contributed by atoms with Crippen LogP contribution in [0.1, 0.15) is 31.8 Å². The van der Waals surface area contributed by atoms with E-state index in [-0.39, 0.29) is 22.3 Å². The lowest BCUT2D eigenvalue weighted by molar-refractivity contribution is 0.0693. The van der Waals surface area contributed by atoms with Gasteiger partial charge in [-0.1, -0.05) is 6.07 Å². The first-order chi connectivity index (χ1) is 11.8. The lowest BCUT2D eigenvalue weighted by Crippen LogP contribution is -2.01. The van der Waals surface area contributed by atoms with E-state index in [2.05, 4.69) is 4.98 Å². The molecule has 5 nitrogen and oxygen atoms in total. The number of aryl methyl sites for hydroxylation is 2. The molecule has 1 heterocycles. The minimum absolute atomic E-state index is 0.171. The van der Waals surface area contributed by atoms with Crippen LogP contribution in [0.4, 0.5) is 4.39 Å². The zero-order valence-corrected chi connectivity index (χ0v) is 13.5. The van der Waals surface area contributed by atoms with E-state index in [1.807, 2.05) is 13.8 Å². The van der Waals surface area contributed by atoms with Crippen LogP contribution in [0, 0.1) is 13.8 Å². The summed E-state index contributed by atoms with van der Waals surface area (Å²) >= 11 is 0. The third-order valence-electron chi connectivity index (χ3n) is 4.22. The molecule has 0 aliphatic heterocycles. The fourth-order valence-corrected chi connectivity index (χ4v) is 2.76. The summed E-state index contributed by atoms with van der Waals surface area (Å²) in [7, 11) is 0. The number of halogens is 1. The fraction of sp³-hybridized carbons (Fsp3) is 0.105. The van der Waals surface area contributed by atoms with Gasteiger partial charge in [0.25, 0.3) is 0 Å². The van der Waals surface area contributed by atoms with Gasteiger partial charge >= 0.3 is 12.0 Å². The molecule has 3 aromatic rings. The minimum atomic E-state index is -1.63. The average molecular weight is 339 g/mol. The second kappa shape index (κ2) is 5.98. The van der Waals surface area contributed by atoms with Crippen molar-refractivity contribution in [3.63, 3.8) is 0 Å². The largest absolute Gasteiger partial charge is 0.507 e. The number of benzene rings is 2. The molecule has 0 aliphatic carbocycles. The van der Waals surface area contributed by atoms with E-state index >= 15 is 0 Å². The van der Waals surface area contributed by atoms with E-state index in [9.17, 15) is 19.1 Å². The maximum Gasteiger partial charge on any atom is 0.339 e. The Labute approximate surface area is 142 Å². The Balaban J connectivity index is 2.35. The summed E-state index contributed by atoms with van der Waals surface area (Å²) in [5, 5.41) is 19.1. The van der Waals surface area contributed by atoms with Crippen molar-refractivity contribution in [2.45, 2.75) is 13.8 Å². The first kappa shape index (κ1) is 16.6. The van der Waals surface area contributed by atoms with Gasteiger partial charge in [0.15, 0.2) is 0 Å². The van der Waals surface area contributed by atoms with Crippen LogP contribution in [-0.2, 0) is 0 Å². The van der Waals surface area contributed by atoms with E-state index in [0.29, 0.717) is 10.9 Å². The molecule has 1 aromatic heterocycles. The van der Waals surface area contributed by atoms with Crippen molar-refractivity contribution >= 4 is 22.9 Å². The van der Waals surface area contributed by atoms with Crippen LogP contribution in [-0.4, -0.2) is 27.2 Å². The fourth-order valence-electron chi connectivity index (χ4n) is 2.76. The number of aromatic hydroxyl groups is 1. The summed E-state index contributed by atoms with van der Waals surface area (Å²) in [5.41, 5.74) is 2.26. The third-order valence-corrected chi connectivity index (χ3v) is 4.22. The Bertz CT molecular complexity index is 1040. The molecule has 0 atom stereocenters. The van der Waals surface area contributed by atoms with Crippen LogP contribution < -0.4 is 0 Å². The Kier molecular flexibility index (Phi) is 3.96. The SMILES string of the molecule is Cc1cc2ncc(-c3ccc(O)c(C(=O)O)c3)c(C(=O)F)c2cc1C. The highest BCUT2D eigenvalue weighted by Crippen LogP contribution is 2.33. The van der Waals surface area contributed by atoms with E-state index in [4.69, 9.17) is 5.11 Å². The zero-order valence-electron chi connectivity index (χ0n) is 13.5. The summed E-state index contributed by atoms with van der Waals surface area (Å²) in [5.74, 6) is -1.74. The van der Waals surface area contributed by atoms with Crippen molar-refractivity contribution in [2.24, 2.45) is 0 Å². The molecule has 0 bridgehead atoms. The van der Waals surface area contributed by atoms with Crippen molar-refractivity contribution < 1.29 is 24.2 Å². The number of aromatic carboxylic acids is 1. The van der Waals surface area contributed by atoms with Gasteiger partial charge < -0.3 is 10.2 Å². The highest BCUT2D eigenvalue weighted by molar-refractivity contribution is 6.09. The number of carboxylic acid groups (broad SMARTS) is 1. The number of aromatic nitrogens is 1. The Morgan fingerprint density at radius 2 is 1.76 bits per heavy atom. The predicted octanol–water partition coefficient (Wildman–Crippen LogP) is 4.03. The molecule has 0 saturated heterocycles. The Morgan fingerprint density at radius 3 is 2.40 bits per heavy atom. The highest BCUT2D eigenvalue weighted by Gasteiger charge is 2.20. The van der Waals surface area contributed by atoms with Crippen LogP contribution in [0.2, 0.25) is 0 Å². The van der Waals surface area contributed by atoms with Crippen LogP contribution in [0.15, 0.2) is 36.5 Å². The standard InChI is InChI=1S/C19H14FNO4/c1-9-5-12-15(6-10(9)2)21-8-14(17(12)18(20)23)11-3-4-16(22)13(7-11)19(24)25/h3-8,22H,1-2H3,(H,24,25). The van der Waals surface area contributed by atoms with Crippen molar-refractivity contribution in [2.75, 3.05) is 0 Å². The number of fused-ring (bicyclic) bond motifs is 1. The topological polar surface area (TPSA) is 87.5 Å². The highest BCUT2D eigenvalue weighted by atomic mass is 19.1. The zero-order chi connectivity index (χ0) is 18.3. The molecule has 0 spiro atoms. The molecule has 3 rings (SSSR count). The van der Waals surface area contributed by atoms with Crippen LogP contribution in [0.5, 0.6) is 5.75 Å². The van der Waals surface area contributed by atoms with E-state index in [1.54, 1.807) is 12.1 Å². The van der Waals surface area contributed by atoms with Gasteiger partial charge in [-0.2, -0.15) is 4.39 Å². The Morgan fingerprint density at radius 1 is 1.08 bits per heavy atom. The number of nitrogens with zero attached hydrogens (tertiary/aromatic N) is 1. The maximum absolute atomic E-state index is 13.8. The molecule has 0 radical (unpaired) electrons. The predicted molar refractivity (Wildman–Crippen MR) is 90.7 cm³/mol. The van der Waals surface area contributed by atoms with Crippen molar-refractivity contribution in [1.82, 2.24) is 4.98 Å². The monoisotopic (exact) mass is 339 g/mol. The van der Waals surface area contributed by atoms with Gasteiger partial charge in [0.05, 0.1) is 11.1 Å². The second-order valence-corrected chi connectivity index (χ2v) is 5.81. The number of carbonyl (C=O) groups excluding carboxylic acids is 1. The molecule has 25 heavy (non-hydrogen) atoms. The van der Waals surface area contributed by atoms with Crippen molar-refractivity contribution in [3.8, 4) is 16.9 Å². The van der Waals surface area contributed by atoms with Crippen LogP contribution in [0.25, 0.3) is 22.0 Å². The van der Waals surface area contributed by atoms with Crippen LogP contribution >= 0.6 is 0 Å². The van der Waals surface area contributed by atoms with Crippen molar-refractivity contribution in [1.29, 1.82) is 0 Å². The van der Waals surface area contributed by atoms with Crippen molar-refractivity contribution in [3.05, 3.63) is 58.8 Å². The Hall–Kier alpha value is -3.28. The molecule has 6 heteroatoms. The summed E-state index contributed by atoms with van der Waals surface area (Å²) in [4.78, 5) is 27.1. The first-order valence-electron chi connectivity index (χ1n) is 7.46. The molecular weight excluding hydrogens is 325 g/mol. The minimum Gasteiger partial charge on any atom is -0.507 e. The van der Waals surface area contributed by atoms with Gasteiger partial charge in [-0.15, -0.1) is 0 Å². The van der Waals surface area contributed by atoms with E-state index in [0.717, 1.165) is 11.1 Å². The number of hydrogen-bond donors (Lipinski definition) is 2. The molecular formula is C19H14FNO4. The molecule has 0 aliphatic rings. The second-order valence-electron chi connectivity index (χ2n) is 5.81. The number of carboxylic acids is 1. The first-order valence-corrected chi connectivity index (χ1v) is 7.46. The van der Waals surface area contributed by atoms with Crippen LogP contribution in [0.3, 0.4) is 0 Å². The molecule has 0 unspecified atom stereocenters. The molecule has 2 N–H and O–H groups in total. The summed E-state index contributed by atoms with van der Waals surface area (Å²) in [6.45, 7) is 3.73. The number of carbonyl (C=O) groups is 2.